The summed E-state index contributed by atoms with van der Waals surface area (Å²) in [5.74, 6) is 0.840. The number of imidazole rings is 1. The average Bonchev–Trinajstić information content (AvgIpc) is 2.95. The molecular formula is C14H13F3N4. The Hall–Kier alpha value is -2.49. The van der Waals surface area contributed by atoms with Gasteiger partial charge in [0.1, 0.15) is 5.82 Å². The van der Waals surface area contributed by atoms with Gasteiger partial charge in [-0.1, -0.05) is 0 Å². The molecule has 2 N–H and O–H groups in total. The molecule has 110 valence electrons. The maximum Gasteiger partial charge on any atom is 0.417 e. The predicted octanol–water partition coefficient (Wildman–Crippen LogP) is 3.34. The zero-order valence-electron chi connectivity index (χ0n) is 11.0. The van der Waals surface area contributed by atoms with Crippen LogP contribution in [0.1, 0.15) is 23.4 Å². The Labute approximate surface area is 119 Å². The van der Waals surface area contributed by atoms with E-state index in [1.807, 2.05) is 0 Å². The molecule has 0 spiro atoms. The number of benzene rings is 1. The molecule has 0 saturated carbocycles. The molecule has 0 fully saturated rings. The molecule has 2 aromatic rings. The molecule has 7 heteroatoms. The summed E-state index contributed by atoms with van der Waals surface area (Å²) < 4.78 is 38.4. The summed E-state index contributed by atoms with van der Waals surface area (Å²) in [6.45, 7) is 0.518. The van der Waals surface area contributed by atoms with Gasteiger partial charge in [0.05, 0.1) is 17.2 Å². The van der Waals surface area contributed by atoms with Crippen molar-refractivity contribution in [1.82, 2.24) is 9.97 Å². The smallest absolute Gasteiger partial charge is 0.385 e. The summed E-state index contributed by atoms with van der Waals surface area (Å²) in [7, 11) is 0. The largest absolute Gasteiger partial charge is 0.417 e. The number of aromatic amines is 1. The molecule has 0 saturated heterocycles. The van der Waals surface area contributed by atoms with Crippen LogP contribution in [0.5, 0.6) is 0 Å². The lowest BCUT2D eigenvalue weighted by Crippen LogP contribution is -2.10. The van der Waals surface area contributed by atoms with Crippen LogP contribution < -0.4 is 5.32 Å². The number of alkyl halides is 3. The van der Waals surface area contributed by atoms with Gasteiger partial charge >= 0.3 is 6.18 Å². The number of halogens is 3. The van der Waals surface area contributed by atoms with Crippen molar-refractivity contribution in [1.29, 1.82) is 5.26 Å². The van der Waals surface area contributed by atoms with Crippen LogP contribution in [0.3, 0.4) is 0 Å². The highest BCUT2D eigenvalue weighted by atomic mass is 19.4. The van der Waals surface area contributed by atoms with Crippen LogP contribution in [-0.2, 0) is 12.6 Å². The van der Waals surface area contributed by atoms with E-state index in [0.717, 1.165) is 18.3 Å². The van der Waals surface area contributed by atoms with Crippen LogP contribution in [0, 0.1) is 11.3 Å². The van der Waals surface area contributed by atoms with Crippen molar-refractivity contribution in [3.63, 3.8) is 0 Å². The fourth-order valence-electron chi connectivity index (χ4n) is 1.91. The van der Waals surface area contributed by atoms with Crippen molar-refractivity contribution >= 4 is 5.69 Å². The number of aromatic nitrogens is 2. The molecule has 0 radical (unpaired) electrons. The summed E-state index contributed by atoms with van der Waals surface area (Å²) >= 11 is 0. The first-order valence-electron chi connectivity index (χ1n) is 6.34. The first-order valence-corrected chi connectivity index (χ1v) is 6.34. The van der Waals surface area contributed by atoms with Gasteiger partial charge in [-0.3, -0.25) is 0 Å². The van der Waals surface area contributed by atoms with E-state index in [1.54, 1.807) is 18.5 Å². The van der Waals surface area contributed by atoms with Crippen LogP contribution in [-0.4, -0.2) is 16.5 Å². The lowest BCUT2D eigenvalue weighted by atomic mass is 10.1. The summed E-state index contributed by atoms with van der Waals surface area (Å²) in [6, 6.07) is 5.17. The number of aryl methyl sites for hydroxylation is 1. The van der Waals surface area contributed by atoms with Crippen LogP contribution in [0.2, 0.25) is 0 Å². The minimum Gasteiger partial charge on any atom is -0.385 e. The molecule has 21 heavy (non-hydrogen) atoms. The second kappa shape index (κ2) is 6.31. The molecule has 2 rings (SSSR count). The Bertz CT molecular complexity index is 627. The number of rotatable bonds is 5. The van der Waals surface area contributed by atoms with Crippen LogP contribution in [0.25, 0.3) is 0 Å². The highest BCUT2D eigenvalue weighted by Gasteiger charge is 2.33. The second-order valence-corrected chi connectivity index (χ2v) is 4.44. The third-order valence-electron chi connectivity index (χ3n) is 2.92. The molecule has 1 heterocycles. The van der Waals surface area contributed by atoms with Crippen molar-refractivity contribution < 1.29 is 13.2 Å². The Morgan fingerprint density at radius 2 is 2.14 bits per heavy atom. The number of nitriles is 1. The minimum atomic E-state index is -4.53. The van der Waals surface area contributed by atoms with Crippen LogP contribution in [0.15, 0.2) is 30.6 Å². The molecule has 1 aromatic carbocycles. The number of nitrogens with one attached hydrogen (secondary N) is 2. The van der Waals surface area contributed by atoms with E-state index in [9.17, 15) is 13.2 Å². The van der Waals surface area contributed by atoms with Gasteiger partial charge in [0.25, 0.3) is 0 Å². The van der Waals surface area contributed by atoms with Gasteiger partial charge in [-0.2, -0.15) is 18.4 Å². The molecule has 0 aliphatic carbocycles. The van der Waals surface area contributed by atoms with Gasteiger partial charge in [-0.25, -0.2) is 4.98 Å². The van der Waals surface area contributed by atoms with Gasteiger partial charge < -0.3 is 10.3 Å². The number of hydrogen-bond acceptors (Lipinski definition) is 3. The van der Waals surface area contributed by atoms with Gasteiger partial charge in [0.2, 0.25) is 0 Å². The average molecular weight is 294 g/mol. The molecule has 4 nitrogen and oxygen atoms in total. The maximum atomic E-state index is 12.8. The van der Waals surface area contributed by atoms with Crippen molar-refractivity contribution in [2.45, 2.75) is 19.0 Å². The molecule has 0 aliphatic rings. The maximum absolute atomic E-state index is 12.8. The van der Waals surface area contributed by atoms with Crippen molar-refractivity contribution in [3.8, 4) is 6.07 Å². The zero-order valence-corrected chi connectivity index (χ0v) is 11.0. The van der Waals surface area contributed by atoms with Gasteiger partial charge in [-0.15, -0.1) is 0 Å². The van der Waals surface area contributed by atoms with E-state index in [4.69, 9.17) is 5.26 Å². The van der Waals surface area contributed by atoms with Crippen molar-refractivity contribution in [2.75, 3.05) is 11.9 Å². The Morgan fingerprint density at radius 1 is 1.33 bits per heavy atom. The van der Waals surface area contributed by atoms with Crippen LogP contribution >= 0.6 is 0 Å². The molecule has 0 aliphatic heterocycles. The monoisotopic (exact) mass is 294 g/mol. The molecular weight excluding hydrogens is 281 g/mol. The Kier molecular flexibility index (Phi) is 4.48. The second-order valence-electron chi connectivity index (χ2n) is 4.44. The molecule has 0 amide bonds. The number of nitrogens with zero attached hydrogens (tertiary/aromatic N) is 2. The van der Waals surface area contributed by atoms with E-state index in [0.29, 0.717) is 18.7 Å². The minimum absolute atomic E-state index is 0.348. The third-order valence-corrected chi connectivity index (χ3v) is 2.92. The highest BCUT2D eigenvalue weighted by molar-refractivity contribution is 5.53. The fraction of sp³-hybridized carbons (Fsp3) is 0.286. The van der Waals surface area contributed by atoms with Gasteiger partial charge in [-0.05, 0) is 24.6 Å². The fourth-order valence-corrected chi connectivity index (χ4v) is 1.91. The summed E-state index contributed by atoms with van der Waals surface area (Å²) in [6.07, 6.45) is 0.284. The van der Waals surface area contributed by atoms with Crippen molar-refractivity contribution in [2.24, 2.45) is 0 Å². The van der Waals surface area contributed by atoms with Crippen molar-refractivity contribution in [3.05, 3.63) is 47.5 Å². The zero-order chi connectivity index (χ0) is 15.3. The SMILES string of the molecule is N#Cc1ccc(NCCCc2ncc[nH]2)cc1C(F)(F)F. The van der Waals surface area contributed by atoms with E-state index in [-0.39, 0.29) is 5.56 Å². The van der Waals surface area contributed by atoms with Gasteiger partial charge in [0.15, 0.2) is 0 Å². The quantitative estimate of drug-likeness (QED) is 0.831. The molecule has 0 unspecified atom stereocenters. The van der Waals surface area contributed by atoms with E-state index in [2.05, 4.69) is 15.3 Å². The van der Waals surface area contributed by atoms with E-state index in [1.165, 1.54) is 12.1 Å². The normalized spacial score (nSPS) is 11.1. The first kappa shape index (κ1) is 14.9. The number of anilines is 1. The topological polar surface area (TPSA) is 64.5 Å². The predicted molar refractivity (Wildman–Crippen MR) is 71.6 cm³/mol. The lowest BCUT2D eigenvalue weighted by Gasteiger charge is -2.12. The Morgan fingerprint density at radius 3 is 2.76 bits per heavy atom. The summed E-state index contributed by atoms with van der Waals surface area (Å²) in [4.78, 5) is 7.02. The Balaban J connectivity index is 1.96. The third kappa shape index (κ3) is 3.99. The van der Waals surface area contributed by atoms with Gasteiger partial charge in [0, 0.05) is 31.0 Å². The first-order chi connectivity index (χ1) is 10.0. The standard InChI is InChI=1S/C14H13F3N4/c15-14(16,17)12-8-11(4-3-10(12)9-18)19-5-1-2-13-20-6-7-21-13/h3-4,6-8,19H,1-2,5H2,(H,20,21). The van der Waals surface area contributed by atoms with E-state index >= 15 is 0 Å². The summed E-state index contributed by atoms with van der Waals surface area (Å²) in [5, 5.41) is 11.6. The van der Waals surface area contributed by atoms with Crippen LogP contribution in [0.4, 0.5) is 18.9 Å². The molecule has 0 bridgehead atoms. The lowest BCUT2D eigenvalue weighted by molar-refractivity contribution is -0.137. The number of H-pyrrole nitrogens is 1. The molecule has 1 aromatic heterocycles. The summed E-state index contributed by atoms with van der Waals surface area (Å²) in [5.41, 5.74) is -0.939. The number of hydrogen-bond donors (Lipinski definition) is 2. The molecule has 0 atom stereocenters. The van der Waals surface area contributed by atoms with E-state index < -0.39 is 11.7 Å². The highest BCUT2D eigenvalue weighted by Crippen LogP contribution is 2.33.